The van der Waals surface area contributed by atoms with Gasteiger partial charge in [-0.15, -0.1) is 0 Å². The van der Waals surface area contributed by atoms with Crippen LogP contribution in [-0.2, 0) is 5.41 Å². The summed E-state index contributed by atoms with van der Waals surface area (Å²) < 4.78 is 5.36. The van der Waals surface area contributed by atoms with Crippen LogP contribution >= 0.6 is 0 Å². The number of benzene rings is 1. The predicted molar refractivity (Wildman–Crippen MR) is 65.3 cm³/mol. The topological polar surface area (TPSA) is 39.2 Å². The molecule has 1 heterocycles. The van der Waals surface area contributed by atoms with Gasteiger partial charge in [-0.2, -0.15) is 0 Å². The van der Waals surface area contributed by atoms with Crippen LogP contribution < -0.4 is 5.73 Å². The van der Waals surface area contributed by atoms with Gasteiger partial charge >= 0.3 is 0 Å². The molecule has 1 aliphatic carbocycles. The number of nitrogens with two attached hydrogens (primary N) is 1. The van der Waals surface area contributed by atoms with Crippen molar-refractivity contribution in [1.82, 2.24) is 0 Å². The lowest BCUT2D eigenvalue weighted by molar-refractivity contribution is 0.421. The first kappa shape index (κ1) is 9.91. The SMILES string of the molecule is CC(CN)(c1ccc2occc2c1)C1CC1. The zero-order chi connectivity index (χ0) is 11.2. The standard InChI is InChI=1S/C14H17NO/c1-14(9-15,11-2-3-11)12-4-5-13-10(8-12)6-7-16-13/h4-8,11H,2-3,9,15H2,1H3. The largest absolute Gasteiger partial charge is 0.464 e. The summed E-state index contributed by atoms with van der Waals surface area (Å²) in [5.74, 6) is 0.766. The van der Waals surface area contributed by atoms with Gasteiger partial charge in [0.1, 0.15) is 5.58 Å². The maximum Gasteiger partial charge on any atom is 0.133 e. The molecular formula is C14H17NO. The van der Waals surface area contributed by atoms with Gasteiger partial charge in [0.15, 0.2) is 0 Å². The summed E-state index contributed by atoms with van der Waals surface area (Å²) >= 11 is 0. The van der Waals surface area contributed by atoms with E-state index in [2.05, 4.69) is 25.1 Å². The fourth-order valence-electron chi connectivity index (χ4n) is 2.56. The lowest BCUT2D eigenvalue weighted by Crippen LogP contribution is -2.34. The summed E-state index contributed by atoms with van der Waals surface area (Å²) in [7, 11) is 0. The molecule has 3 rings (SSSR count). The zero-order valence-corrected chi connectivity index (χ0v) is 9.57. The Bertz CT molecular complexity index is 512. The molecule has 2 aromatic rings. The van der Waals surface area contributed by atoms with Crippen LogP contribution in [0, 0.1) is 5.92 Å². The molecule has 0 saturated heterocycles. The number of hydrogen-bond donors (Lipinski definition) is 1. The third-order valence-electron chi connectivity index (χ3n) is 4.01. The Hall–Kier alpha value is -1.28. The predicted octanol–water partition coefficient (Wildman–Crippen LogP) is 3.06. The summed E-state index contributed by atoms with van der Waals surface area (Å²) in [5.41, 5.74) is 8.43. The lowest BCUT2D eigenvalue weighted by Gasteiger charge is -2.28. The molecule has 2 heteroatoms. The summed E-state index contributed by atoms with van der Waals surface area (Å²) in [6, 6.07) is 8.46. The summed E-state index contributed by atoms with van der Waals surface area (Å²) in [6.45, 7) is 3.01. The quantitative estimate of drug-likeness (QED) is 0.854. The normalized spacial score (nSPS) is 19.9. The molecule has 1 aliphatic rings. The molecule has 0 aliphatic heterocycles. The average molecular weight is 215 g/mol. The molecule has 0 bridgehead atoms. The van der Waals surface area contributed by atoms with Gasteiger partial charge in [0.2, 0.25) is 0 Å². The number of hydrogen-bond acceptors (Lipinski definition) is 2. The second-order valence-corrected chi connectivity index (χ2v) is 5.07. The Morgan fingerprint density at radius 1 is 1.38 bits per heavy atom. The van der Waals surface area contributed by atoms with E-state index in [0.29, 0.717) is 0 Å². The van der Waals surface area contributed by atoms with Gasteiger partial charge in [0.05, 0.1) is 6.26 Å². The molecule has 1 saturated carbocycles. The number of rotatable bonds is 3. The van der Waals surface area contributed by atoms with Gasteiger partial charge in [-0.1, -0.05) is 13.0 Å². The highest BCUT2D eigenvalue weighted by atomic mass is 16.3. The van der Waals surface area contributed by atoms with Crippen LogP contribution in [0.2, 0.25) is 0 Å². The molecule has 16 heavy (non-hydrogen) atoms. The monoisotopic (exact) mass is 215 g/mol. The Balaban J connectivity index is 2.09. The van der Waals surface area contributed by atoms with E-state index in [9.17, 15) is 0 Å². The molecule has 0 amide bonds. The van der Waals surface area contributed by atoms with Gasteiger partial charge in [-0.3, -0.25) is 0 Å². The molecule has 1 unspecified atom stereocenters. The second-order valence-electron chi connectivity index (χ2n) is 5.07. The zero-order valence-electron chi connectivity index (χ0n) is 9.57. The van der Waals surface area contributed by atoms with E-state index < -0.39 is 0 Å². The molecule has 1 fully saturated rings. The minimum Gasteiger partial charge on any atom is -0.464 e. The van der Waals surface area contributed by atoms with Crippen LogP contribution in [0.5, 0.6) is 0 Å². The van der Waals surface area contributed by atoms with Crippen molar-refractivity contribution in [2.24, 2.45) is 11.7 Å². The van der Waals surface area contributed by atoms with E-state index in [4.69, 9.17) is 10.2 Å². The van der Waals surface area contributed by atoms with Crippen molar-refractivity contribution < 1.29 is 4.42 Å². The molecule has 0 spiro atoms. The first-order chi connectivity index (χ1) is 7.74. The highest BCUT2D eigenvalue weighted by molar-refractivity contribution is 5.78. The Morgan fingerprint density at radius 3 is 2.88 bits per heavy atom. The van der Waals surface area contributed by atoms with Crippen LogP contribution in [0.4, 0.5) is 0 Å². The summed E-state index contributed by atoms with van der Waals surface area (Å²) in [6.07, 6.45) is 4.37. The minimum atomic E-state index is 0.144. The van der Waals surface area contributed by atoms with Crippen molar-refractivity contribution in [1.29, 1.82) is 0 Å². The average Bonchev–Trinajstić information content (AvgIpc) is 3.06. The minimum absolute atomic E-state index is 0.144. The Morgan fingerprint density at radius 2 is 2.19 bits per heavy atom. The van der Waals surface area contributed by atoms with E-state index >= 15 is 0 Å². The van der Waals surface area contributed by atoms with Crippen molar-refractivity contribution in [2.75, 3.05) is 6.54 Å². The molecule has 1 aromatic carbocycles. The maximum atomic E-state index is 5.98. The fourth-order valence-corrected chi connectivity index (χ4v) is 2.56. The summed E-state index contributed by atoms with van der Waals surface area (Å²) in [5, 5.41) is 1.18. The maximum absolute atomic E-state index is 5.98. The van der Waals surface area contributed by atoms with Gasteiger partial charge in [0, 0.05) is 17.3 Å². The van der Waals surface area contributed by atoms with Crippen molar-refractivity contribution in [2.45, 2.75) is 25.2 Å². The number of fused-ring (bicyclic) bond motifs is 1. The first-order valence-corrected chi connectivity index (χ1v) is 5.92. The highest BCUT2D eigenvalue weighted by Crippen LogP contribution is 2.47. The van der Waals surface area contributed by atoms with E-state index in [1.54, 1.807) is 6.26 Å². The van der Waals surface area contributed by atoms with Crippen LogP contribution in [0.25, 0.3) is 11.0 Å². The van der Waals surface area contributed by atoms with E-state index in [1.807, 2.05) is 6.07 Å². The molecule has 1 atom stereocenters. The third-order valence-corrected chi connectivity index (χ3v) is 4.01. The first-order valence-electron chi connectivity index (χ1n) is 5.92. The smallest absolute Gasteiger partial charge is 0.133 e. The van der Waals surface area contributed by atoms with Gasteiger partial charge < -0.3 is 10.2 Å². The second kappa shape index (κ2) is 3.36. The van der Waals surface area contributed by atoms with Gasteiger partial charge in [0.25, 0.3) is 0 Å². The fraction of sp³-hybridized carbons (Fsp3) is 0.429. The van der Waals surface area contributed by atoms with Crippen molar-refractivity contribution >= 4 is 11.0 Å². The Labute approximate surface area is 95.4 Å². The van der Waals surface area contributed by atoms with E-state index in [1.165, 1.54) is 23.8 Å². The molecule has 84 valence electrons. The van der Waals surface area contributed by atoms with Gasteiger partial charge in [-0.05, 0) is 42.5 Å². The molecule has 2 nitrogen and oxygen atoms in total. The molecule has 0 radical (unpaired) electrons. The van der Waals surface area contributed by atoms with Gasteiger partial charge in [-0.25, -0.2) is 0 Å². The molecular weight excluding hydrogens is 198 g/mol. The van der Waals surface area contributed by atoms with Crippen LogP contribution in [-0.4, -0.2) is 6.54 Å². The third kappa shape index (κ3) is 1.37. The van der Waals surface area contributed by atoms with Crippen molar-refractivity contribution in [3.8, 4) is 0 Å². The van der Waals surface area contributed by atoms with Crippen LogP contribution in [0.3, 0.4) is 0 Å². The van der Waals surface area contributed by atoms with E-state index in [0.717, 1.165) is 18.0 Å². The number of furan rings is 1. The van der Waals surface area contributed by atoms with Crippen LogP contribution in [0.15, 0.2) is 34.9 Å². The van der Waals surface area contributed by atoms with Crippen molar-refractivity contribution in [3.63, 3.8) is 0 Å². The van der Waals surface area contributed by atoms with E-state index in [-0.39, 0.29) is 5.41 Å². The Kier molecular flexibility index (Phi) is 2.08. The van der Waals surface area contributed by atoms with Crippen LogP contribution in [0.1, 0.15) is 25.3 Å². The highest BCUT2D eigenvalue weighted by Gasteiger charge is 2.41. The van der Waals surface area contributed by atoms with Crippen molar-refractivity contribution in [3.05, 3.63) is 36.1 Å². The molecule has 2 N–H and O–H groups in total. The summed E-state index contributed by atoms with van der Waals surface area (Å²) in [4.78, 5) is 0. The molecule has 1 aromatic heterocycles. The lowest BCUT2D eigenvalue weighted by atomic mass is 9.77.